The first-order valence-corrected chi connectivity index (χ1v) is 13.3. The van der Waals surface area contributed by atoms with Gasteiger partial charge in [0.05, 0.1) is 36.5 Å². The lowest BCUT2D eigenvalue weighted by Crippen LogP contribution is -2.30. The van der Waals surface area contributed by atoms with Gasteiger partial charge >= 0.3 is 6.18 Å². The van der Waals surface area contributed by atoms with Crippen LogP contribution in [0.5, 0.6) is 5.75 Å². The Morgan fingerprint density at radius 2 is 1.82 bits per heavy atom. The number of carbonyl (C=O) groups is 1. The van der Waals surface area contributed by atoms with Gasteiger partial charge in [-0.2, -0.15) is 13.2 Å². The summed E-state index contributed by atoms with van der Waals surface area (Å²) in [6.45, 7) is 2.83. The maximum Gasteiger partial charge on any atom is 0.416 e. The van der Waals surface area contributed by atoms with Crippen LogP contribution in [0.4, 0.5) is 18.9 Å². The monoisotopic (exact) mass is 566 g/mol. The highest BCUT2D eigenvalue weighted by molar-refractivity contribution is 8.15. The van der Waals surface area contributed by atoms with Crippen molar-refractivity contribution in [3.63, 3.8) is 0 Å². The third kappa shape index (κ3) is 6.02. The molecule has 0 radical (unpaired) electrons. The molecule has 3 aromatic carbocycles. The summed E-state index contributed by atoms with van der Waals surface area (Å²) in [7, 11) is 1.61. The Morgan fingerprint density at radius 1 is 1.07 bits per heavy atom. The van der Waals surface area contributed by atoms with E-state index in [1.807, 2.05) is 49.4 Å². The SMILES string of the molecule is COc1ccc(N2C(=O)CSC2=NCNCc2ccc(-c3ncn(-c4ccc(C(F)(F)F)cc4)n3)cc2)c(C)c1. The number of aromatic nitrogens is 3. The maximum atomic E-state index is 12.8. The third-order valence-electron chi connectivity index (χ3n) is 6.23. The highest BCUT2D eigenvalue weighted by atomic mass is 32.2. The largest absolute Gasteiger partial charge is 0.497 e. The fraction of sp³-hybridized carbons (Fsp3) is 0.214. The lowest BCUT2D eigenvalue weighted by Gasteiger charge is -2.19. The third-order valence-corrected chi connectivity index (χ3v) is 7.19. The molecule has 1 saturated heterocycles. The zero-order valence-corrected chi connectivity index (χ0v) is 22.5. The van der Waals surface area contributed by atoms with Crippen LogP contribution in [0.2, 0.25) is 0 Å². The number of ether oxygens (including phenoxy) is 1. The number of carbonyl (C=O) groups excluding carboxylic acids is 1. The first-order valence-electron chi connectivity index (χ1n) is 12.3. The van der Waals surface area contributed by atoms with Crippen LogP contribution in [0.3, 0.4) is 0 Å². The zero-order valence-electron chi connectivity index (χ0n) is 21.6. The normalized spacial score (nSPS) is 14.8. The molecule has 0 spiro atoms. The standard InChI is InChI=1S/C28H25F3N6O2S/c1-18-13-23(39-2)11-12-24(18)37-25(38)15-40-27(37)33-16-32-14-19-3-5-20(6-4-19)26-34-17-36(35-26)22-9-7-21(8-10-22)28(29,30)31/h3-13,17,32H,14-16H2,1-2H3. The highest BCUT2D eigenvalue weighted by Gasteiger charge is 2.31. The number of anilines is 1. The highest BCUT2D eigenvalue weighted by Crippen LogP contribution is 2.32. The van der Waals surface area contributed by atoms with Crippen molar-refractivity contribution >= 4 is 28.5 Å². The molecule has 0 aliphatic carbocycles. The second kappa shape index (κ2) is 11.5. The smallest absolute Gasteiger partial charge is 0.416 e. The summed E-state index contributed by atoms with van der Waals surface area (Å²) in [5.74, 6) is 1.52. The Morgan fingerprint density at radius 3 is 2.50 bits per heavy atom. The predicted molar refractivity (Wildman–Crippen MR) is 149 cm³/mol. The molecule has 1 aliphatic rings. The van der Waals surface area contributed by atoms with Gasteiger partial charge in [-0.25, -0.2) is 14.7 Å². The van der Waals surface area contributed by atoms with E-state index in [2.05, 4.69) is 20.4 Å². The van der Waals surface area contributed by atoms with Crippen LogP contribution in [-0.4, -0.2) is 45.4 Å². The fourth-order valence-electron chi connectivity index (χ4n) is 4.14. The van der Waals surface area contributed by atoms with Gasteiger partial charge in [0.15, 0.2) is 11.0 Å². The number of halogens is 3. The Kier molecular flexibility index (Phi) is 7.90. The van der Waals surface area contributed by atoms with Gasteiger partial charge in [-0.3, -0.25) is 15.0 Å². The molecule has 1 aliphatic heterocycles. The number of alkyl halides is 3. The van der Waals surface area contributed by atoms with Crippen molar-refractivity contribution in [3.8, 4) is 22.8 Å². The number of rotatable bonds is 8. The molecule has 5 rings (SSSR count). The van der Waals surface area contributed by atoms with Gasteiger partial charge in [0.2, 0.25) is 5.91 Å². The van der Waals surface area contributed by atoms with E-state index < -0.39 is 11.7 Å². The molecule has 12 heteroatoms. The van der Waals surface area contributed by atoms with Crippen molar-refractivity contribution in [1.82, 2.24) is 20.1 Å². The summed E-state index contributed by atoms with van der Waals surface area (Å²) in [6, 6.07) is 18.0. The summed E-state index contributed by atoms with van der Waals surface area (Å²) >= 11 is 1.41. The average molecular weight is 567 g/mol. The van der Waals surface area contributed by atoms with Gasteiger partial charge in [-0.15, -0.1) is 5.10 Å². The molecule has 40 heavy (non-hydrogen) atoms. The van der Waals surface area contributed by atoms with Gasteiger partial charge in [0.1, 0.15) is 12.1 Å². The molecule has 206 valence electrons. The minimum Gasteiger partial charge on any atom is -0.497 e. The van der Waals surface area contributed by atoms with E-state index in [9.17, 15) is 18.0 Å². The van der Waals surface area contributed by atoms with Crippen molar-refractivity contribution in [3.05, 3.63) is 89.7 Å². The fourth-order valence-corrected chi connectivity index (χ4v) is 5.01. The molecule has 4 aromatic rings. The zero-order chi connectivity index (χ0) is 28.3. The quantitative estimate of drug-likeness (QED) is 0.286. The minimum absolute atomic E-state index is 0.0121. The lowest BCUT2D eigenvalue weighted by atomic mass is 10.1. The summed E-state index contributed by atoms with van der Waals surface area (Å²) in [5, 5.41) is 8.32. The second-order valence-electron chi connectivity index (χ2n) is 8.95. The van der Waals surface area contributed by atoms with Gasteiger partial charge in [0, 0.05) is 12.1 Å². The van der Waals surface area contributed by atoms with Crippen LogP contribution in [0, 0.1) is 6.92 Å². The summed E-state index contributed by atoms with van der Waals surface area (Å²) in [5.41, 5.74) is 3.28. The van der Waals surface area contributed by atoms with Crippen molar-refractivity contribution in [1.29, 1.82) is 0 Å². The number of nitrogens with one attached hydrogen (secondary N) is 1. The van der Waals surface area contributed by atoms with Crippen molar-refractivity contribution in [2.45, 2.75) is 19.6 Å². The number of amides is 1. The number of methoxy groups -OCH3 is 1. The molecular weight excluding hydrogens is 541 g/mol. The minimum atomic E-state index is -4.39. The van der Waals surface area contributed by atoms with Gasteiger partial charge < -0.3 is 4.74 Å². The molecule has 8 nitrogen and oxygen atoms in total. The summed E-state index contributed by atoms with van der Waals surface area (Å²) < 4.78 is 45.1. The van der Waals surface area contributed by atoms with E-state index in [1.54, 1.807) is 12.0 Å². The molecule has 0 atom stereocenters. The first-order chi connectivity index (χ1) is 19.2. The summed E-state index contributed by atoms with van der Waals surface area (Å²) in [4.78, 5) is 23.1. The number of aryl methyl sites for hydroxylation is 1. The number of hydrogen-bond acceptors (Lipinski definition) is 7. The number of benzene rings is 3. The van der Waals surface area contributed by atoms with Crippen molar-refractivity contribution < 1.29 is 22.7 Å². The van der Waals surface area contributed by atoms with Gasteiger partial charge in [0.25, 0.3) is 0 Å². The number of amidine groups is 1. The maximum absolute atomic E-state index is 12.8. The van der Waals surface area contributed by atoms with Crippen LogP contribution in [0.1, 0.15) is 16.7 Å². The van der Waals surface area contributed by atoms with Crippen molar-refractivity contribution in [2.24, 2.45) is 4.99 Å². The molecular formula is C28H25F3N6O2S. The van der Waals surface area contributed by atoms with Crippen LogP contribution in [0.25, 0.3) is 17.1 Å². The number of hydrogen-bond donors (Lipinski definition) is 1. The van der Waals surface area contributed by atoms with Gasteiger partial charge in [-0.1, -0.05) is 36.0 Å². The van der Waals surface area contributed by atoms with E-state index >= 15 is 0 Å². The first kappa shape index (κ1) is 27.4. The lowest BCUT2D eigenvalue weighted by molar-refractivity contribution is -0.137. The second-order valence-corrected chi connectivity index (χ2v) is 9.89. The Balaban J connectivity index is 1.18. The number of thioether (sulfide) groups is 1. The van der Waals surface area contributed by atoms with Crippen LogP contribution in [0.15, 0.2) is 78.0 Å². The number of aliphatic imine (C=N–C) groups is 1. The van der Waals surface area contributed by atoms with E-state index in [1.165, 1.54) is 34.9 Å². The molecule has 0 unspecified atom stereocenters. The van der Waals surface area contributed by atoms with E-state index in [4.69, 9.17) is 4.74 Å². The molecule has 0 saturated carbocycles. The number of nitrogens with zero attached hydrogens (tertiary/aromatic N) is 5. The predicted octanol–water partition coefficient (Wildman–Crippen LogP) is 5.45. The molecule has 0 bridgehead atoms. The van der Waals surface area contributed by atoms with E-state index in [-0.39, 0.29) is 5.91 Å². The Bertz CT molecular complexity index is 1540. The van der Waals surface area contributed by atoms with E-state index in [0.29, 0.717) is 35.6 Å². The Hall–Kier alpha value is -4.16. The topological polar surface area (TPSA) is 84.6 Å². The van der Waals surface area contributed by atoms with Gasteiger partial charge in [-0.05, 0) is 60.5 Å². The van der Waals surface area contributed by atoms with Crippen molar-refractivity contribution in [2.75, 3.05) is 24.4 Å². The molecule has 2 heterocycles. The molecule has 1 fully saturated rings. The van der Waals surface area contributed by atoms with Crippen LogP contribution < -0.4 is 15.0 Å². The van der Waals surface area contributed by atoms with E-state index in [0.717, 1.165) is 40.3 Å². The summed E-state index contributed by atoms with van der Waals surface area (Å²) in [6.07, 6.45) is -2.92. The average Bonchev–Trinajstić information content (AvgIpc) is 3.58. The van der Waals surface area contributed by atoms with Crippen LogP contribution >= 0.6 is 11.8 Å². The van der Waals surface area contributed by atoms with Crippen LogP contribution in [-0.2, 0) is 17.5 Å². The molecule has 1 N–H and O–H groups in total. The molecule has 1 aromatic heterocycles. The molecule has 1 amide bonds. The Labute approximate surface area is 232 Å².